The highest BCUT2D eigenvalue weighted by atomic mass is 16.5. The fourth-order valence-electron chi connectivity index (χ4n) is 1.22. The normalized spacial score (nSPS) is 9.17. The van der Waals surface area contributed by atoms with Crippen molar-refractivity contribution >= 4 is 11.9 Å². The number of carboxylic acids is 1. The Hall–Kier alpha value is -2.48. The first-order valence-electron chi connectivity index (χ1n) is 5.25. The van der Waals surface area contributed by atoms with E-state index in [1.54, 1.807) is 6.92 Å². The van der Waals surface area contributed by atoms with Crippen LogP contribution < -0.4 is 0 Å². The van der Waals surface area contributed by atoms with Crippen LogP contribution in [0.4, 0.5) is 0 Å². The largest absolute Gasteiger partial charge is 0.507 e. The van der Waals surface area contributed by atoms with Gasteiger partial charge >= 0.3 is 11.9 Å². The van der Waals surface area contributed by atoms with Crippen LogP contribution in [0, 0.1) is 11.8 Å². The van der Waals surface area contributed by atoms with Gasteiger partial charge in [0.25, 0.3) is 0 Å². The van der Waals surface area contributed by atoms with Crippen molar-refractivity contribution in [2.45, 2.75) is 13.3 Å². The first kappa shape index (κ1) is 13.6. The molecular weight excluding hydrogens is 236 g/mol. The monoisotopic (exact) mass is 248 g/mol. The summed E-state index contributed by atoms with van der Waals surface area (Å²) in [6.45, 7) is 1.99. The zero-order chi connectivity index (χ0) is 13.5. The van der Waals surface area contributed by atoms with Gasteiger partial charge in [-0.2, -0.15) is 0 Å². The number of carbonyl (C=O) groups excluding carboxylic acids is 1. The first-order chi connectivity index (χ1) is 8.54. The van der Waals surface area contributed by atoms with Crippen LogP contribution in [-0.4, -0.2) is 28.8 Å². The minimum Gasteiger partial charge on any atom is -0.507 e. The van der Waals surface area contributed by atoms with E-state index in [0.29, 0.717) is 12.2 Å². The molecule has 0 saturated carbocycles. The number of phenols is 1. The quantitative estimate of drug-likeness (QED) is 0.624. The fraction of sp³-hybridized carbons (Fsp3) is 0.231. The van der Waals surface area contributed by atoms with Gasteiger partial charge in [-0.3, -0.25) is 4.79 Å². The number of carbonyl (C=O) groups is 2. The number of carboxylic acid groups (broad SMARTS) is 1. The molecule has 1 aromatic rings. The van der Waals surface area contributed by atoms with E-state index < -0.39 is 11.9 Å². The van der Waals surface area contributed by atoms with Crippen molar-refractivity contribution in [1.82, 2.24) is 0 Å². The highest BCUT2D eigenvalue weighted by molar-refractivity contribution is 5.91. The topological polar surface area (TPSA) is 83.8 Å². The van der Waals surface area contributed by atoms with E-state index in [9.17, 15) is 14.7 Å². The van der Waals surface area contributed by atoms with Crippen LogP contribution >= 0.6 is 0 Å². The van der Waals surface area contributed by atoms with Crippen molar-refractivity contribution in [2.24, 2.45) is 0 Å². The average Bonchev–Trinajstić information content (AvgIpc) is 2.31. The van der Waals surface area contributed by atoms with Crippen molar-refractivity contribution < 1.29 is 24.5 Å². The molecule has 0 heterocycles. The van der Waals surface area contributed by atoms with Crippen molar-refractivity contribution in [2.75, 3.05) is 6.61 Å². The number of benzene rings is 1. The summed E-state index contributed by atoms with van der Waals surface area (Å²) in [6.07, 6.45) is -0.0584. The molecule has 0 atom stereocenters. The molecule has 0 spiro atoms. The summed E-state index contributed by atoms with van der Waals surface area (Å²) < 4.78 is 4.69. The number of aromatic carboxylic acids is 1. The molecule has 0 fully saturated rings. The number of hydrogen-bond donors (Lipinski definition) is 2. The van der Waals surface area contributed by atoms with Crippen LogP contribution in [0.3, 0.4) is 0 Å². The third-order valence-corrected chi connectivity index (χ3v) is 2.00. The van der Waals surface area contributed by atoms with Crippen LogP contribution in [-0.2, 0) is 9.53 Å². The Morgan fingerprint density at radius 3 is 2.72 bits per heavy atom. The molecule has 0 saturated heterocycles. The lowest BCUT2D eigenvalue weighted by Gasteiger charge is -1.99. The Bertz CT molecular complexity index is 522. The zero-order valence-corrected chi connectivity index (χ0v) is 9.77. The third kappa shape index (κ3) is 3.83. The summed E-state index contributed by atoms with van der Waals surface area (Å²) in [5.74, 6) is 3.22. The fourth-order valence-corrected chi connectivity index (χ4v) is 1.22. The smallest absolute Gasteiger partial charge is 0.339 e. The molecule has 5 nitrogen and oxygen atoms in total. The lowest BCUT2D eigenvalue weighted by atomic mass is 10.1. The van der Waals surface area contributed by atoms with Crippen molar-refractivity contribution in [1.29, 1.82) is 0 Å². The molecule has 18 heavy (non-hydrogen) atoms. The Labute approximate surface area is 104 Å². The highest BCUT2D eigenvalue weighted by Crippen LogP contribution is 2.17. The molecule has 5 heteroatoms. The summed E-state index contributed by atoms with van der Waals surface area (Å²) in [7, 11) is 0. The molecule has 0 aromatic heterocycles. The summed E-state index contributed by atoms with van der Waals surface area (Å²) in [5.41, 5.74) is 0.187. The lowest BCUT2D eigenvalue weighted by Crippen LogP contribution is -2.01. The van der Waals surface area contributed by atoms with Crippen molar-refractivity contribution in [3.05, 3.63) is 29.3 Å². The van der Waals surface area contributed by atoms with E-state index in [0.717, 1.165) is 0 Å². The molecule has 94 valence electrons. The molecule has 0 aliphatic rings. The SMILES string of the molecule is CCOC(=O)CC#Cc1ccc(O)c(C(=O)O)c1. The average molecular weight is 248 g/mol. The second kappa shape index (κ2) is 6.30. The van der Waals surface area contributed by atoms with Gasteiger partial charge in [0, 0.05) is 5.56 Å². The second-order valence-electron chi connectivity index (χ2n) is 3.32. The van der Waals surface area contributed by atoms with Crippen LogP contribution in [0.25, 0.3) is 0 Å². The molecule has 0 aliphatic heterocycles. The molecule has 0 bridgehead atoms. The number of aromatic hydroxyl groups is 1. The van der Waals surface area contributed by atoms with E-state index >= 15 is 0 Å². The maximum absolute atomic E-state index is 11.0. The van der Waals surface area contributed by atoms with Crippen LogP contribution in [0.2, 0.25) is 0 Å². The van der Waals surface area contributed by atoms with Gasteiger partial charge in [-0.05, 0) is 25.1 Å². The molecule has 1 rings (SSSR count). The predicted octanol–water partition coefficient (Wildman–Crippen LogP) is 1.40. The minimum absolute atomic E-state index is 0.0584. The van der Waals surface area contributed by atoms with E-state index in [1.807, 2.05) is 0 Å². The Morgan fingerprint density at radius 1 is 1.39 bits per heavy atom. The van der Waals surface area contributed by atoms with Crippen LogP contribution in [0.15, 0.2) is 18.2 Å². The molecular formula is C13H12O5. The summed E-state index contributed by atoms with van der Waals surface area (Å²) >= 11 is 0. The molecule has 1 aromatic carbocycles. The van der Waals surface area contributed by atoms with Gasteiger partial charge in [0.15, 0.2) is 0 Å². The number of ether oxygens (including phenoxy) is 1. The van der Waals surface area contributed by atoms with Crippen LogP contribution in [0.5, 0.6) is 5.75 Å². The Kier molecular flexibility index (Phi) is 4.76. The van der Waals surface area contributed by atoms with E-state index in [4.69, 9.17) is 5.11 Å². The summed E-state index contributed by atoms with van der Waals surface area (Å²) in [4.78, 5) is 21.8. The predicted molar refractivity (Wildman–Crippen MR) is 63.2 cm³/mol. The number of hydrogen-bond acceptors (Lipinski definition) is 4. The molecule has 2 N–H and O–H groups in total. The molecule has 0 unspecified atom stereocenters. The molecule has 0 amide bonds. The van der Waals surface area contributed by atoms with Crippen molar-refractivity contribution in [3.63, 3.8) is 0 Å². The second-order valence-corrected chi connectivity index (χ2v) is 3.32. The summed E-state index contributed by atoms with van der Waals surface area (Å²) in [5, 5.41) is 18.1. The highest BCUT2D eigenvalue weighted by Gasteiger charge is 2.09. The lowest BCUT2D eigenvalue weighted by molar-refractivity contribution is -0.141. The van der Waals surface area contributed by atoms with E-state index in [2.05, 4.69) is 16.6 Å². The minimum atomic E-state index is -1.23. The Morgan fingerprint density at radius 2 is 2.11 bits per heavy atom. The standard InChI is InChI=1S/C13H12O5/c1-2-18-12(15)5-3-4-9-6-7-11(14)10(8-9)13(16)17/h6-8,14H,2,5H2,1H3,(H,16,17). The van der Waals surface area contributed by atoms with E-state index in [1.165, 1.54) is 18.2 Å². The zero-order valence-electron chi connectivity index (χ0n) is 9.77. The Balaban J connectivity index is 2.80. The first-order valence-corrected chi connectivity index (χ1v) is 5.25. The maximum Gasteiger partial charge on any atom is 0.339 e. The third-order valence-electron chi connectivity index (χ3n) is 2.00. The molecule has 0 radical (unpaired) electrons. The van der Waals surface area contributed by atoms with Gasteiger partial charge in [-0.1, -0.05) is 11.8 Å². The van der Waals surface area contributed by atoms with E-state index in [-0.39, 0.29) is 17.7 Å². The van der Waals surface area contributed by atoms with Crippen molar-refractivity contribution in [3.8, 4) is 17.6 Å². The molecule has 0 aliphatic carbocycles. The van der Waals surface area contributed by atoms with Gasteiger partial charge in [0.05, 0.1) is 6.61 Å². The van der Waals surface area contributed by atoms with Gasteiger partial charge in [0.1, 0.15) is 17.7 Å². The number of esters is 1. The summed E-state index contributed by atoms with van der Waals surface area (Å²) in [6, 6.07) is 3.97. The van der Waals surface area contributed by atoms with Crippen LogP contribution in [0.1, 0.15) is 29.3 Å². The number of rotatable bonds is 3. The van der Waals surface area contributed by atoms with Gasteiger partial charge in [0.2, 0.25) is 0 Å². The van der Waals surface area contributed by atoms with Gasteiger partial charge in [-0.15, -0.1) is 0 Å². The maximum atomic E-state index is 11.0. The van der Waals surface area contributed by atoms with Gasteiger partial charge in [-0.25, -0.2) is 4.79 Å². The van der Waals surface area contributed by atoms with Gasteiger partial charge < -0.3 is 14.9 Å².